The van der Waals surface area contributed by atoms with Gasteiger partial charge in [0, 0.05) is 18.5 Å². The second-order valence-electron chi connectivity index (χ2n) is 8.40. The molecule has 32 heavy (non-hydrogen) atoms. The summed E-state index contributed by atoms with van der Waals surface area (Å²) in [5.74, 6) is -0.610. The van der Waals surface area contributed by atoms with E-state index in [1.807, 2.05) is 75.4 Å². The lowest BCUT2D eigenvalue weighted by molar-refractivity contribution is -0.152. The van der Waals surface area contributed by atoms with Gasteiger partial charge in [-0.15, -0.1) is 0 Å². The molecule has 0 aromatic heterocycles. The van der Waals surface area contributed by atoms with Crippen LogP contribution >= 0.6 is 0 Å². The maximum Gasteiger partial charge on any atom is 0.407 e. The van der Waals surface area contributed by atoms with Crippen molar-refractivity contribution in [1.82, 2.24) is 10.2 Å². The predicted molar refractivity (Wildman–Crippen MR) is 121 cm³/mol. The molecular formula is C25H32N2O5. The molecule has 2 aromatic rings. The third kappa shape index (κ3) is 8.06. The van der Waals surface area contributed by atoms with E-state index in [1.165, 1.54) is 4.90 Å². The smallest absolute Gasteiger partial charge is 0.407 e. The largest absolute Gasteiger partial charge is 0.465 e. The number of nitrogens with zero attached hydrogens (tertiary/aromatic N) is 1. The molecule has 0 saturated carbocycles. The molecule has 0 fully saturated rings. The molecule has 0 bridgehead atoms. The van der Waals surface area contributed by atoms with Crippen LogP contribution in [-0.4, -0.2) is 36.0 Å². The minimum absolute atomic E-state index is 0.134. The first-order valence-corrected chi connectivity index (χ1v) is 10.7. The van der Waals surface area contributed by atoms with Crippen molar-refractivity contribution < 1.29 is 23.9 Å². The fourth-order valence-electron chi connectivity index (χ4n) is 3.07. The van der Waals surface area contributed by atoms with Crippen molar-refractivity contribution in [3.63, 3.8) is 0 Å². The summed E-state index contributed by atoms with van der Waals surface area (Å²) in [6.07, 6.45) is -0.530. The van der Waals surface area contributed by atoms with Crippen LogP contribution in [0.1, 0.15) is 44.4 Å². The number of carbonyl (C=O) groups is 3. The molecule has 0 radical (unpaired) electrons. The van der Waals surface area contributed by atoms with Crippen LogP contribution in [0, 0.1) is 5.41 Å². The number of hydrogen-bond acceptors (Lipinski definition) is 5. The SMILES string of the molecule is CCOC(=O)CN(Cc1ccccc1CNC(=O)OCc1ccccc1)C(=O)C(C)(C)C. The Morgan fingerprint density at radius 1 is 0.906 bits per heavy atom. The third-order valence-electron chi connectivity index (χ3n) is 4.67. The summed E-state index contributed by atoms with van der Waals surface area (Å²) in [5.41, 5.74) is 1.91. The number of nitrogens with one attached hydrogen (secondary N) is 1. The molecule has 0 unspecified atom stereocenters. The molecule has 0 spiro atoms. The van der Waals surface area contributed by atoms with Gasteiger partial charge < -0.3 is 19.7 Å². The van der Waals surface area contributed by atoms with Gasteiger partial charge in [-0.05, 0) is 23.6 Å². The van der Waals surface area contributed by atoms with Crippen LogP contribution in [0.5, 0.6) is 0 Å². The number of amides is 2. The number of carbonyl (C=O) groups excluding carboxylic acids is 3. The molecule has 7 heteroatoms. The molecular weight excluding hydrogens is 408 g/mol. The summed E-state index contributed by atoms with van der Waals surface area (Å²) >= 11 is 0. The lowest BCUT2D eigenvalue weighted by atomic mass is 9.94. The van der Waals surface area contributed by atoms with Crippen molar-refractivity contribution in [3.8, 4) is 0 Å². The third-order valence-corrected chi connectivity index (χ3v) is 4.67. The molecule has 7 nitrogen and oxygen atoms in total. The fraction of sp³-hybridized carbons (Fsp3) is 0.400. The van der Waals surface area contributed by atoms with Gasteiger partial charge in [0.2, 0.25) is 5.91 Å². The number of ether oxygens (including phenoxy) is 2. The topological polar surface area (TPSA) is 84.9 Å². The Kier molecular flexibility index (Phi) is 9.25. The number of alkyl carbamates (subject to hydrolysis) is 1. The average Bonchev–Trinajstić information content (AvgIpc) is 2.76. The van der Waals surface area contributed by atoms with E-state index in [9.17, 15) is 14.4 Å². The standard InChI is InChI=1S/C25H32N2O5/c1-5-31-22(28)17-27(23(29)25(2,3)4)16-21-14-10-9-13-20(21)15-26-24(30)32-18-19-11-7-6-8-12-19/h6-14H,5,15-18H2,1-4H3,(H,26,30). The molecule has 1 N–H and O–H groups in total. The van der Waals surface area contributed by atoms with Crippen molar-refractivity contribution in [2.75, 3.05) is 13.2 Å². The zero-order valence-electron chi connectivity index (χ0n) is 19.2. The molecule has 0 aliphatic carbocycles. The fourth-order valence-corrected chi connectivity index (χ4v) is 3.07. The Morgan fingerprint density at radius 2 is 1.53 bits per heavy atom. The van der Waals surface area contributed by atoms with E-state index >= 15 is 0 Å². The summed E-state index contributed by atoms with van der Waals surface area (Å²) in [6.45, 7) is 7.92. The highest BCUT2D eigenvalue weighted by molar-refractivity contribution is 5.85. The first-order chi connectivity index (χ1) is 15.2. The van der Waals surface area contributed by atoms with Gasteiger partial charge in [-0.2, -0.15) is 0 Å². The summed E-state index contributed by atoms with van der Waals surface area (Å²) < 4.78 is 10.3. The number of rotatable bonds is 9. The Bertz CT molecular complexity index is 906. The minimum atomic E-state index is -0.652. The highest BCUT2D eigenvalue weighted by Gasteiger charge is 2.29. The van der Waals surface area contributed by atoms with Gasteiger partial charge in [0.15, 0.2) is 0 Å². The van der Waals surface area contributed by atoms with Gasteiger partial charge in [-0.25, -0.2) is 4.79 Å². The lowest BCUT2D eigenvalue weighted by Crippen LogP contribution is -2.42. The minimum Gasteiger partial charge on any atom is -0.465 e. The zero-order valence-corrected chi connectivity index (χ0v) is 19.2. The van der Waals surface area contributed by atoms with Gasteiger partial charge in [-0.3, -0.25) is 9.59 Å². The molecule has 0 atom stereocenters. The van der Waals surface area contributed by atoms with Crippen molar-refractivity contribution in [2.24, 2.45) is 5.41 Å². The molecule has 2 amide bonds. The molecule has 0 heterocycles. The first kappa shape index (κ1) is 24.9. The van der Waals surface area contributed by atoms with Crippen LogP contribution in [-0.2, 0) is 38.8 Å². The summed E-state index contributed by atoms with van der Waals surface area (Å²) in [7, 11) is 0. The van der Waals surface area contributed by atoms with Crippen LogP contribution in [0.3, 0.4) is 0 Å². The summed E-state index contributed by atoms with van der Waals surface area (Å²) in [6, 6.07) is 16.9. The lowest BCUT2D eigenvalue weighted by Gasteiger charge is -2.29. The van der Waals surface area contributed by atoms with Crippen molar-refractivity contribution in [3.05, 3.63) is 71.3 Å². The predicted octanol–water partition coefficient (Wildman–Crippen LogP) is 4.05. The molecule has 0 aliphatic rings. The van der Waals surface area contributed by atoms with Crippen molar-refractivity contribution in [2.45, 2.75) is 47.4 Å². The van der Waals surface area contributed by atoms with E-state index in [4.69, 9.17) is 9.47 Å². The van der Waals surface area contributed by atoms with E-state index in [2.05, 4.69) is 5.32 Å². The van der Waals surface area contributed by atoms with Crippen LogP contribution in [0.2, 0.25) is 0 Å². The summed E-state index contributed by atoms with van der Waals surface area (Å²) in [4.78, 5) is 38.6. The van der Waals surface area contributed by atoms with Gasteiger partial charge in [0.25, 0.3) is 0 Å². The van der Waals surface area contributed by atoms with Crippen molar-refractivity contribution in [1.29, 1.82) is 0 Å². The van der Waals surface area contributed by atoms with Gasteiger partial charge >= 0.3 is 12.1 Å². The zero-order chi connectivity index (χ0) is 23.6. The van der Waals surface area contributed by atoms with Crippen molar-refractivity contribution >= 4 is 18.0 Å². The Morgan fingerprint density at radius 3 is 2.16 bits per heavy atom. The van der Waals surface area contributed by atoms with Gasteiger partial charge in [-0.1, -0.05) is 75.4 Å². The second-order valence-corrected chi connectivity index (χ2v) is 8.40. The van der Waals surface area contributed by atoms with E-state index in [-0.39, 0.29) is 38.8 Å². The maximum atomic E-state index is 12.9. The molecule has 0 aliphatic heterocycles. The molecule has 172 valence electrons. The van der Waals surface area contributed by atoms with Gasteiger partial charge in [0.1, 0.15) is 13.2 Å². The van der Waals surface area contributed by atoms with E-state index in [1.54, 1.807) is 6.92 Å². The van der Waals surface area contributed by atoms with Crippen LogP contribution in [0.15, 0.2) is 54.6 Å². The normalized spacial score (nSPS) is 10.9. The molecule has 2 rings (SSSR count). The Balaban J connectivity index is 2.04. The number of hydrogen-bond donors (Lipinski definition) is 1. The van der Waals surface area contributed by atoms with Gasteiger partial charge in [0.05, 0.1) is 6.61 Å². The second kappa shape index (κ2) is 11.9. The van der Waals surface area contributed by atoms with Crippen LogP contribution in [0.25, 0.3) is 0 Å². The number of esters is 1. The Labute approximate surface area is 189 Å². The summed E-state index contributed by atoms with van der Waals surface area (Å²) in [5, 5.41) is 2.75. The highest BCUT2D eigenvalue weighted by atomic mass is 16.5. The monoisotopic (exact) mass is 440 g/mol. The van der Waals surface area contributed by atoms with E-state index in [0.717, 1.165) is 16.7 Å². The Hall–Kier alpha value is -3.35. The highest BCUT2D eigenvalue weighted by Crippen LogP contribution is 2.21. The van der Waals surface area contributed by atoms with Crippen LogP contribution < -0.4 is 5.32 Å². The number of benzene rings is 2. The average molecular weight is 441 g/mol. The van der Waals surface area contributed by atoms with Crippen LogP contribution in [0.4, 0.5) is 4.79 Å². The van der Waals surface area contributed by atoms with E-state index in [0.29, 0.717) is 0 Å². The first-order valence-electron chi connectivity index (χ1n) is 10.7. The molecule has 2 aromatic carbocycles. The maximum absolute atomic E-state index is 12.9. The molecule has 0 saturated heterocycles. The quantitative estimate of drug-likeness (QED) is 0.595. The van der Waals surface area contributed by atoms with E-state index < -0.39 is 17.5 Å².